The van der Waals surface area contributed by atoms with Crippen LogP contribution in [0.4, 0.5) is 18.9 Å². The average Bonchev–Trinajstić information content (AvgIpc) is 2.82. The van der Waals surface area contributed by atoms with Crippen molar-refractivity contribution < 1.29 is 18.0 Å². The zero-order chi connectivity index (χ0) is 15.6. The number of carbonyl (C=O) groups excluding carboxylic acids is 1. The van der Waals surface area contributed by atoms with Crippen LogP contribution in [0.3, 0.4) is 0 Å². The maximum atomic E-state index is 13.0. The highest BCUT2D eigenvalue weighted by atomic mass is 19.4. The number of carbonyl (C=O) groups is 1. The lowest BCUT2D eigenvalue weighted by Gasteiger charge is -2.18. The molecule has 1 aliphatic carbocycles. The molecule has 0 radical (unpaired) electrons. The van der Waals surface area contributed by atoms with Crippen LogP contribution in [0, 0.1) is 5.92 Å². The first-order valence-corrected chi connectivity index (χ1v) is 7.02. The van der Waals surface area contributed by atoms with Gasteiger partial charge in [0.05, 0.1) is 5.56 Å². The minimum absolute atomic E-state index is 0.0340. The molecule has 1 saturated carbocycles. The summed E-state index contributed by atoms with van der Waals surface area (Å²) in [4.78, 5) is 12.1. The van der Waals surface area contributed by atoms with Crippen molar-refractivity contribution in [3.05, 3.63) is 29.3 Å². The van der Waals surface area contributed by atoms with E-state index < -0.39 is 17.6 Å². The van der Waals surface area contributed by atoms with Crippen molar-refractivity contribution in [1.82, 2.24) is 5.32 Å². The van der Waals surface area contributed by atoms with Gasteiger partial charge >= 0.3 is 6.18 Å². The zero-order valence-electron chi connectivity index (χ0n) is 12.1. The van der Waals surface area contributed by atoms with E-state index in [1.807, 2.05) is 6.92 Å². The Morgan fingerprint density at radius 1 is 1.29 bits per heavy atom. The Labute approximate surface area is 121 Å². The van der Waals surface area contributed by atoms with E-state index in [2.05, 4.69) is 10.6 Å². The molecule has 3 nitrogen and oxygen atoms in total. The maximum Gasteiger partial charge on any atom is 0.418 e. The van der Waals surface area contributed by atoms with E-state index >= 15 is 0 Å². The molecular formula is C15H19F3N2O. The van der Waals surface area contributed by atoms with Crippen molar-refractivity contribution in [3.63, 3.8) is 0 Å². The molecular weight excluding hydrogens is 281 g/mol. The number of hydrogen-bond acceptors (Lipinski definition) is 2. The Balaban J connectivity index is 2.21. The predicted molar refractivity (Wildman–Crippen MR) is 75.3 cm³/mol. The Bertz CT molecular complexity index is 528. The van der Waals surface area contributed by atoms with Crippen molar-refractivity contribution >= 4 is 11.6 Å². The van der Waals surface area contributed by atoms with Gasteiger partial charge < -0.3 is 10.6 Å². The fourth-order valence-electron chi connectivity index (χ4n) is 2.75. The normalized spacial score (nSPS) is 22.1. The van der Waals surface area contributed by atoms with Gasteiger partial charge in [0.25, 0.3) is 5.91 Å². The third-order valence-electron chi connectivity index (χ3n) is 4.03. The molecule has 1 amide bonds. The lowest BCUT2D eigenvalue weighted by atomic mass is 10.0. The molecule has 2 unspecified atom stereocenters. The summed E-state index contributed by atoms with van der Waals surface area (Å²) in [5.41, 5.74) is -0.814. The molecule has 0 heterocycles. The van der Waals surface area contributed by atoms with Gasteiger partial charge in [0.1, 0.15) is 0 Å². The van der Waals surface area contributed by atoms with Gasteiger partial charge in [0.2, 0.25) is 0 Å². The summed E-state index contributed by atoms with van der Waals surface area (Å²) in [5, 5.41) is 5.33. The summed E-state index contributed by atoms with van der Waals surface area (Å²) >= 11 is 0. The van der Waals surface area contributed by atoms with Gasteiger partial charge in [-0.05, 0) is 37.0 Å². The highest BCUT2D eigenvalue weighted by Gasteiger charge is 2.34. The summed E-state index contributed by atoms with van der Waals surface area (Å²) in [6.07, 6.45) is -1.53. The molecule has 1 aliphatic rings. The van der Waals surface area contributed by atoms with E-state index in [0.717, 1.165) is 25.3 Å². The highest BCUT2D eigenvalue weighted by Crippen LogP contribution is 2.35. The topological polar surface area (TPSA) is 41.1 Å². The second-order valence-corrected chi connectivity index (χ2v) is 5.50. The van der Waals surface area contributed by atoms with Crippen LogP contribution >= 0.6 is 0 Å². The van der Waals surface area contributed by atoms with E-state index in [4.69, 9.17) is 0 Å². The smallest absolute Gasteiger partial charge is 0.388 e. The molecule has 0 saturated heterocycles. The molecule has 21 heavy (non-hydrogen) atoms. The minimum Gasteiger partial charge on any atom is -0.388 e. The number of rotatable bonds is 3. The zero-order valence-corrected chi connectivity index (χ0v) is 12.1. The molecule has 1 fully saturated rings. The first kappa shape index (κ1) is 15.7. The molecule has 6 heteroatoms. The van der Waals surface area contributed by atoms with Crippen LogP contribution in [0.2, 0.25) is 0 Å². The highest BCUT2D eigenvalue weighted by molar-refractivity contribution is 5.95. The summed E-state index contributed by atoms with van der Waals surface area (Å²) in [6.45, 7) is 2.04. The fraction of sp³-hybridized carbons (Fsp3) is 0.533. The largest absolute Gasteiger partial charge is 0.418 e. The van der Waals surface area contributed by atoms with Crippen molar-refractivity contribution in [2.24, 2.45) is 5.92 Å². The standard InChI is InChI=1S/C15H19F3N2O/c1-9-4-3-5-12(9)20-14(21)10-6-7-13(19-2)11(8-10)15(16,17)18/h6-9,12,19H,3-5H2,1-2H3,(H,20,21). The maximum absolute atomic E-state index is 13.0. The molecule has 0 aromatic heterocycles. The van der Waals surface area contributed by atoms with Crippen LogP contribution in [0.15, 0.2) is 18.2 Å². The van der Waals surface area contributed by atoms with Crippen molar-refractivity contribution in [1.29, 1.82) is 0 Å². The van der Waals surface area contributed by atoms with Crippen molar-refractivity contribution in [2.45, 2.75) is 38.4 Å². The van der Waals surface area contributed by atoms with Gasteiger partial charge in [-0.25, -0.2) is 0 Å². The monoisotopic (exact) mass is 300 g/mol. The Morgan fingerprint density at radius 3 is 2.52 bits per heavy atom. The molecule has 0 aliphatic heterocycles. The summed E-state index contributed by atoms with van der Waals surface area (Å²) in [7, 11) is 1.42. The molecule has 1 aromatic rings. The second-order valence-electron chi connectivity index (χ2n) is 5.50. The predicted octanol–water partition coefficient (Wildman–Crippen LogP) is 3.67. The van der Waals surface area contributed by atoms with E-state index in [-0.39, 0.29) is 17.3 Å². The second kappa shape index (κ2) is 5.95. The van der Waals surface area contributed by atoms with Crippen LogP contribution in [-0.4, -0.2) is 19.0 Å². The van der Waals surface area contributed by atoms with Gasteiger partial charge in [-0.3, -0.25) is 4.79 Å². The fourth-order valence-corrected chi connectivity index (χ4v) is 2.75. The van der Waals surface area contributed by atoms with Gasteiger partial charge in [-0.15, -0.1) is 0 Å². The molecule has 2 atom stereocenters. The van der Waals surface area contributed by atoms with Crippen LogP contribution < -0.4 is 10.6 Å². The molecule has 0 bridgehead atoms. The molecule has 2 N–H and O–H groups in total. The Hall–Kier alpha value is -1.72. The molecule has 2 rings (SSSR count). The third kappa shape index (κ3) is 3.49. The quantitative estimate of drug-likeness (QED) is 0.894. The number of benzene rings is 1. The van der Waals surface area contributed by atoms with Crippen LogP contribution in [-0.2, 0) is 6.18 Å². The van der Waals surface area contributed by atoms with Gasteiger partial charge in [-0.1, -0.05) is 13.3 Å². The van der Waals surface area contributed by atoms with E-state index in [0.29, 0.717) is 5.92 Å². The van der Waals surface area contributed by atoms with Gasteiger partial charge in [0, 0.05) is 24.3 Å². The minimum atomic E-state index is -4.49. The van der Waals surface area contributed by atoms with E-state index in [9.17, 15) is 18.0 Å². The van der Waals surface area contributed by atoms with E-state index in [1.54, 1.807) is 0 Å². The van der Waals surface area contributed by atoms with Crippen molar-refractivity contribution in [2.75, 3.05) is 12.4 Å². The SMILES string of the molecule is CNc1ccc(C(=O)NC2CCCC2C)cc1C(F)(F)F. The number of halogens is 3. The molecule has 0 spiro atoms. The summed E-state index contributed by atoms with van der Waals surface area (Å²) in [6, 6.07) is 3.66. The number of nitrogens with one attached hydrogen (secondary N) is 2. The third-order valence-corrected chi connectivity index (χ3v) is 4.03. The number of hydrogen-bond donors (Lipinski definition) is 2. The average molecular weight is 300 g/mol. The number of alkyl halides is 3. The van der Waals surface area contributed by atoms with Crippen LogP contribution in [0.1, 0.15) is 42.1 Å². The lowest BCUT2D eigenvalue weighted by molar-refractivity contribution is -0.136. The first-order valence-electron chi connectivity index (χ1n) is 7.02. The van der Waals surface area contributed by atoms with Crippen LogP contribution in [0.25, 0.3) is 0 Å². The van der Waals surface area contributed by atoms with Crippen molar-refractivity contribution in [3.8, 4) is 0 Å². The Morgan fingerprint density at radius 2 is 2.00 bits per heavy atom. The van der Waals surface area contributed by atoms with Gasteiger partial charge in [0.15, 0.2) is 0 Å². The number of anilines is 1. The summed E-state index contributed by atoms with van der Waals surface area (Å²) < 4.78 is 38.9. The van der Waals surface area contributed by atoms with Gasteiger partial charge in [-0.2, -0.15) is 13.2 Å². The first-order chi connectivity index (χ1) is 9.82. The molecule has 1 aromatic carbocycles. The number of amides is 1. The van der Waals surface area contributed by atoms with E-state index in [1.165, 1.54) is 19.2 Å². The molecule has 116 valence electrons. The Kier molecular flexibility index (Phi) is 4.44. The lowest BCUT2D eigenvalue weighted by Crippen LogP contribution is -2.36. The summed E-state index contributed by atoms with van der Waals surface area (Å²) in [5.74, 6) is -0.0745. The van der Waals surface area contributed by atoms with Crippen LogP contribution in [0.5, 0.6) is 0 Å².